The molecule has 0 spiro atoms. The van der Waals surface area contributed by atoms with Crippen LogP contribution in [0.15, 0.2) is 79.1 Å². The van der Waals surface area contributed by atoms with E-state index in [1.54, 1.807) is 30.3 Å². The van der Waals surface area contributed by atoms with E-state index in [0.29, 0.717) is 23.1 Å². The molecule has 2 aromatic heterocycles. The molecule has 150 valence electrons. The maximum Gasteiger partial charge on any atom is 0.323 e. The van der Waals surface area contributed by atoms with Crippen molar-refractivity contribution in [3.8, 4) is 17.4 Å². The molecule has 0 bridgehead atoms. The third-order valence-electron chi connectivity index (χ3n) is 4.28. The highest BCUT2D eigenvalue weighted by Crippen LogP contribution is 2.23. The lowest BCUT2D eigenvalue weighted by Gasteiger charge is -2.10. The van der Waals surface area contributed by atoms with Gasteiger partial charge < -0.3 is 19.9 Å². The summed E-state index contributed by atoms with van der Waals surface area (Å²) >= 11 is 0. The number of carbonyl (C=O) groups is 1. The first kappa shape index (κ1) is 19.2. The van der Waals surface area contributed by atoms with Crippen molar-refractivity contribution < 1.29 is 9.53 Å². The molecule has 2 heterocycles. The first-order chi connectivity index (χ1) is 14.5. The van der Waals surface area contributed by atoms with E-state index in [9.17, 15) is 4.79 Å². The van der Waals surface area contributed by atoms with E-state index in [2.05, 4.69) is 20.6 Å². The van der Waals surface area contributed by atoms with Gasteiger partial charge in [0.15, 0.2) is 0 Å². The number of nitrogens with one attached hydrogen (secondary N) is 2. The minimum absolute atomic E-state index is 0.308. The summed E-state index contributed by atoms with van der Waals surface area (Å²) in [6.45, 7) is 3.79. The average Bonchev–Trinajstić information content (AvgIpc) is 3.24. The Bertz CT molecular complexity index is 1150. The third kappa shape index (κ3) is 4.82. The first-order valence-electron chi connectivity index (χ1n) is 9.47. The Hall–Kier alpha value is -4.13. The van der Waals surface area contributed by atoms with Gasteiger partial charge in [-0.3, -0.25) is 0 Å². The van der Waals surface area contributed by atoms with Crippen LogP contribution in [0.25, 0.3) is 5.82 Å². The maximum atomic E-state index is 12.2. The van der Waals surface area contributed by atoms with Gasteiger partial charge in [0.2, 0.25) is 5.88 Å². The smallest absolute Gasteiger partial charge is 0.323 e. The zero-order chi connectivity index (χ0) is 20.9. The Kier molecular flexibility index (Phi) is 5.43. The summed E-state index contributed by atoms with van der Waals surface area (Å²) in [4.78, 5) is 20.9. The summed E-state index contributed by atoms with van der Waals surface area (Å²) in [6.07, 6.45) is 3.82. The summed E-state index contributed by atoms with van der Waals surface area (Å²) in [7, 11) is 0. The third-order valence-corrected chi connectivity index (χ3v) is 4.28. The fourth-order valence-corrected chi connectivity index (χ4v) is 2.94. The number of aromatic nitrogens is 3. The van der Waals surface area contributed by atoms with Crippen molar-refractivity contribution in [2.24, 2.45) is 0 Å². The second kappa shape index (κ2) is 8.48. The molecular weight excluding hydrogens is 378 g/mol. The van der Waals surface area contributed by atoms with Gasteiger partial charge >= 0.3 is 6.03 Å². The molecule has 2 aromatic carbocycles. The molecule has 0 radical (unpaired) electrons. The molecule has 0 aliphatic heterocycles. The molecule has 4 rings (SSSR count). The number of hydrogen-bond donors (Lipinski definition) is 2. The molecule has 0 aliphatic rings. The van der Waals surface area contributed by atoms with Crippen molar-refractivity contribution in [2.75, 3.05) is 10.6 Å². The lowest BCUT2D eigenvalue weighted by atomic mass is 10.2. The zero-order valence-corrected chi connectivity index (χ0v) is 16.7. The molecule has 2 N–H and O–H groups in total. The van der Waals surface area contributed by atoms with Crippen molar-refractivity contribution in [1.82, 2.24) is 14.5 Å². The monoisotopic (exact) mass is 399 g/mol. The summed E-state index contributed by atoms with van der Waals surface area (Å²) in [5.74, 6) is 2.40. The van der Waals surface area contributed by atoms with Crippen LogP contribution < -0.4 is 15.4 Å². The quantitative estimate of drug-likeness (QED) is 0.476. The average molecular weight is 399 g/mol. The van der Waals surface area contributed by atoms with Gasteiger partial charge in [0.25, 0.3) is 0 Å². The van der Waals surface area contributed by atoms with Crippen molar-refractivity contribution in [3.63, 3.8) is 0 Å². The Morgan fingerprint density at radius 1 is 0.867 bits per heavy atom. The fourth-order valence-electron chi connectivity index (χ4n) is 2.94. The number of hydrogen-bond acceptors (Lipinski definition) is 4. The number of aryl methyl sites for hydroxylation is 2. The van der Waals surface area contributed by atoms with E-state index >= 15 is 0 Å². The number of carbonyl (C=O) groups excluding carboxylic acids is 1. The topological polar surface area (TPSA) is 81.1 Å². The number of amides is 2. The van der Waals surface area contributed by atoms with Crippen LogP contribution in [0.2, 0.25) is 0 Å². The van der Waals surface area contributed by atoms with Crippen LogP contribution in [-0.4, -0.2) is 20.6 Å². The highest BCUT2D eigenvalue weighted by atomic mass is 16.5. The molecule has 30 heavy (non-hydrogen) atoms. The molecule has 7 nitrogen and oxygen atoms in total. The van der Waals surface area contributed by atoms with Gasteiger partial charge in [-0.25, -0.2) is 9.78 Å². The van der Waals surface area contributed by atoms with Crippen LogP contribution in [0, 0.1) is 13.8 Å². The second-order valence-electron chi connectivity index (χ2n) is 6.78. The van der Waals surface area contributed by atoms with Crippen LogP contribution in [0.5, 0.6) is 11.6 Å². The van der Waals surface area contributed by atoms with Gasteiger partial charge in [0.1, 0.15) is 17.4 Å². The van der Waals surface area contributed by atoms with Crippen molar-refractivity contribution >= 4 is 17.4 Å². The molecule has 0 fully saturated rings. The van der Waals surface area contributed by atoms with Crippen LogP contribution in [0.3, 0.4) is 0 Å². The fraction of sp³-hybridized carbons (Fsp3) is 0.0870. The molecular formula is C23H21N5O2. The lowest BCUT2D eigenvalue weighted by molar-refractivity contribution is 0.262. The maximum absolute atomic E-state index is 12.2. The summed E-state index contributed by atoms with van der Waals surface area (Å²) in [5.41, 5.74) is 2.47. The lowest BCUT2D eigenvalue weighted by Crippen LogP contribution is -2.19. The van der Waals surface area contributed by atoms with Crippen LogP contribution in [0.1, 0.15) is 11.4 Å². The molecule has 0 saturated heterocycles. The Morgan fingerprint density at radius 2 is 1.60 bits per heavy atom. The molecule has 2 amide bonds. The van der Waals surface area contributed by atoms with Gasteiger partial charge in [-0.2, -0.15) is 4.98 Å². The van der Waals surface area contributed by atoms with E-state index in [-0.39, 0.29) is 6.03 Å². The Labute approximate surface area is 174 Å². The van der Waals surface area contributed by atoms with Gasteiger partial charge in [-0.1, -0.05) is 12.1 Å². The highest BCUT2D eigenvalue weighted by molar-refractivity contribution is 5.99. The number of rotatable bonds is 5. The van der Waals surface area contributed by atoms with E-state index in [0.717, 1.165) is 17.1 Å². The van der Waals surface area contributed by atoms with Crippen LogP contribution >= 0.6 is 0 Å². The van der Waals surface area contributed by atoms with Gasteiger partial charge in [0, 0.05) is 29.8 Å². The van der Waals surface area contributed by atoms with E-state index in [1.807, 2.05) is 67.2 Å². The van der Waals surface area contributed by atoms with Crippen molar-refractivity contribution in [1.29, 1.82) is 0 Å². The van der Waals surface area contributed by atoms with Crippen LogP contribution in [-0.2, 0) is 0 Å². The van der Waals surface area contributed by atoms with E-state index in [1.165, 1.54) is 0 Å². The minimum atomic E-state index is -0.308. The minimum Gasteiger partial charge on any atom is -0.439 e. The van der Waals surface area contributed by atoms with Gasteiger partial charge in [0.05, 0.1) is 0 Å². The highest BCUT2D eigenvalue weighted by Gasteiger charge is 2.07. The van der Waals surface area contributed by atoms with E-state index < -0.39 is 0 Å². The molecule has 0 atom stereocenters. The second-order valence-corrected chi connectivity index (χ2v) is 6.78. The molecule has 4 aromatic rings. The molecule has 0 unspecified atom stereocenters. The van der Waals surface area contributed by atoms with E-state index in [4.69, 9.17) is 4.74 Å². The Balaban J connectivity index is 1.41. The largest absolute Gasteiger partial charge is 0.439 e. The van der Waals surface area contributed by atoms with Crippen molar-refractivity contribution in [2.45, 2.75) is 13.8 Å². The molecule has 0 aliphatic carbocycles. The predicted octanol–water partition coefficient (Wildman–Crippen LogP) is 5.32. The number of benzene rings is 2. The van der Waals surface area contributed by atoms with Crippen molar-refractivity contribution in [3.05, 3.63) is 90.5 Å². The molecule has 0 saturated carbocycles. The summed E-state index contributed by atoms with van der Waals surface area (Å²) in [5, 5.41) is 5.61. The summed E-state index contributed by atoms with van der Waals surface area (Å²) < 4.78 is 7.76. The Morgan fingerprint density at radius 3 is 2.33 bits per heavy atom. The normalized spacial score (nSPS) is 10.5. The molecule has 7 heteroatoms. The predicted molar refractivity (Wildman–Crippen MR) is 116 cm³/mol. The van der Waals surface area contributed by atoms with Gasteiger partial charge in [-0.15, -0.1) is 0 Å². The van der Waals surface area contributed by atoms with Gasteiger partial charge in [-0.05, 0) is 67.9 Å². The standard InChI is InChI=1S/C23H21N5O2/c1-16-6-5-7-19(14-16)27-23(29)26-18-8-10-20(11-9-18)30-22-15-21(24-17(2)25-22)28-12-3-4-13-28/h3-15H,1-2H3,(H2,26,27,29). The SMILES string of the molecule is Cc1cccc(NC(=O)Nc2ccc(Oc3cc(-n4cccc4)nc(C)n3)cc2)c1. The summed E-state index contributed by atoms with van der Waals surface area (Å²) in [6, 6.07) is 20.0. The number of ether oxygens (including phenoxy) is 1. The number of nitrogens with zero attached hydrogens (tertiary/aromatic N) is 3. The zero-order valence-electron chi connectivity index (χ0n) is 16.7. The van der Waals surface area contributed by atoms with Crippen LogP contribution in [0.4, 0.5) is 16.2 Å². The number of anilines is 2. The number of urea groups is 1. The first-order valence-corrected chi connectivity index (χ1v) is 9.47.